The van der Waals surface area contributed by atoms with E-state index in [0.29, 0.717) is 18.2 Å². The SMILES string of the molecule is C[C@@H](NC(=O)CN1CCOc2ccc(Cl)cc21)c1ccccn1. The Kier molecular flexibility index (Phi) is 4.67. The highest BCUT2D eigenvalue weighted by Crippen LogP contribution is 2.33. The fourth-order valence-corrected chi connectivity index (χ4v) is 2.74. The van der Waals surface area contributed by atoms with Crippen molar-refractivity contribution in [1.82, 2.24) is 10.3 Å². The second-order valence-corrected chi connectivity index (χ2v) is 5.86. The Morgan fingerprint density at radius 3 is 3.09 bits per heavy atom. The summed E-state index contributed by atoms with van der Waals surface area (Å²) in [6, 6.07) is 11.0. The van der Waals surface area contributed by atoms with Crippen LogP contribution in [0.4, 0.5) is 5.69 Å². The number of ether oxygens (including phenoxy) is 1. The highest BCUT2D eigenvalue weighted by Gasteiger charge is 2.21. The first-order valence-electron chi connectivity index (χ1n) is 7.51. The van der Waals surface area contributed by atoms with Crippen molar-refractivity contribution in [1.29, 1.82) is 0 Å². The minimum absolute atomic E-state index is 0.0593. The van der Waals surface area contributed by atoms with Gasteiger partial charge in [-0.3, -0.25) is 9.78 Å². The van der Waals surface area contributed by atoms with Gasteiger partial charge in [0.05, 0.1) is 30.5 Å². The predicted octanol–water partition coefficient (Wildman–Crippen LogP) is 2.81. The summed E-state index contributed by atoms with van der Waals surface area (Å²) in [6.07, 6.45) is 1.72. The maximum atomic E-state index is 12.3. The van der Waals surface area contributed by atoms with E-state index in [1.807, 2.05) is 42.2 Å². The molecule has 120 valence electrons. The van der Waals surface area contributed by atoms with Gasteiger partial charge in [-0.25, -0.2) is 0 Å². The van der Waals surface area contributed by atoms with Gasteiger partial charge in [0, 0.05) is 11.2 Å². The van der Waals surface area contributed by atoms with Gasteiger partial charge in [0.1, 0.15) is 12.4 Å². The number of pyridine rings is 1. The summed E-state index contributed by atoms with van der Waals surface area (Å²) in [5.74, 6) is 0.696. The van der Waals surface area contributed by atoms with Gasteiger partial charge in [0.25, 0.3) is 0 Å². The fraction of sp³-hybridized carbons (Fsp3) is 0.294. The van der Waals surface area contributed by atoms with Gasteiger partial charge in [0.2, 0.25) is 5.91 Å². The van der Waals surface area contributed by atoms with E-state index in [9.17, 15) is 4.79 Å². The molecule has 1 aromatic heterocycles. The van der Waals surface area contributed by atoms with Crippen LogP contribution < -0.4 is 15.0 Å². The molecule has 0 unspecified atom stereocenters. The van der Waals surface area contributed by atoms with Gasteiger partial charge in [-0.2, -0.15) is 0 Å². The molecule has 2 heterocycles. The third-order valence-corrected chi connectivity index (χ3v) is 3.96. The Balaban J connectivity index is 1.66. The minimum atomic E-state index is -0.136. The lowest BCUT2D eigenvalue weighted by Gasteiger charge is -2.31. The molecule has 2 aromatic rings. The second-order valence-electron chi connectivity index (χ2n) is 5.43. The quantitative estimate of drug-likeness (QED) is 0.936. The predicted molar refractivity (Wildman–Crippen MR) is 90.0 cm³/mol. The zero-order valence-electron chi connectivity index (χ0n) is 12.8. The standard InChI is InChI=1S/C17H18ClN3O2/c1-12(14-4-2-3-7-19-14)20-17(22)11-21-8-9-23-16-6-5-13(18)10-15(16)21/h2-7,10,12H,8-9,11H2,1H3,(H,20,22)/t12-/m1/s1. The van der Waals surface area contributed by atoms with E-state index < -0.39 is 0 Å². The van der Waals surface area contributed by atoms with Gasteiger partial charge in [-0.1, -0.05) is 17.7 Å². The third-order valence-electron chi connectivity index (χ3n) is 3.72. The molecule has 0 spiro atoms. The molecule has 23 heavy (non-hydrogen) atoms. The third kappa shape index (κ3) is 3.74. The van der Waals surface area contributed by atoms with E-state index in [-0.39, 0.29) is 18.5 Å². The average Bonchev–Trinajstić information content (AvgIpc) is 2.56. The number of hydrogen-bond acceptors (Lipinski definition) is 4. The Hall–Kier alpha value is -2.27. The number of rotatable bonds is 4. The van der Waals surface area contributed by atoms with Crippen LogP contribution in [-0.2, 0) is 4.79 Å². The summed E-state index contributed by atoms with van der Waals surface area (Å²) in [5.41, 5.74) is 1.69. The number of amides is 1. The zero-order chi connectivity index (χ0) is 16.2. The molecule has 0 bridgehead atoms. The van der Waals surface area contributed by atoms with Crippen molar-refractivity contribution < 1.29 is 9.53 Å². The van der Waals surface area contributed by atoms with E-state index in [0.717, 1.165) is 17.1 Å². The van der Waals surface area contributed by atoms with Crippen LogP contribution in [0.1, 0.15) is 18.7 Å². The number of carbonyl (C=O) groups excluding carboxylic acids is 1. The maximum absolute atomic E-state index is 12.3. The van der Waals surface area contributed by atoms with Crippen molar-refractivity contribution >= 4 is 23.2 Å². The van der Waals surface area contributed by atoms with Crippen LogP contribution >= 0.6 is 11.6 Å². The zero-order valence-corrected chi connectivity index (χ0v) is 13.6. The monoisotopic (exact) mass is 331 g/mol. The normalized spacial score (nSPS) is 14.6. The molecule has 5 nitrogen and oxygen atoms in total. The van der Waals surface area contributed by atoms with Crippen LogP contribution in [0.3, 0.4) is 0 Å². The van der Waals surface area contributed by atoms with E-state index in [1.54, 1.807) is 12.3 Å². The van der Waals surface area contributed by atoms with Gasteiger partial charge in [-0.15, -0.1) is 0 Å². The lowest BCUT2D eigenvalue weighted by atomic mass is 10.2. The summed E-state index contributed by atoms with van der Waals surface area (Å²) in [6.45, 7) is 3.38. The van der Waals surface area contributed by atoms with Crippen molar-refractivity contribution in [2.45, 2.75) is 13.0 Å². The number of nitrogens with zero attached hydrogens (tertiary/aromatic N) is 2. The number of nitrogens with one attached hydrogen (secondary N) is 1. The molecule has 3 rings (SSSR count). The maximum Gasteiger partial charge on any atom is 0.240 e. The first-order chi connectivity index (χ1) is 11.1. The highest BCUT2D eigenvalue weighted by molar-refractivity contribution is 6.31. The van der Waals surface area contributed by atoms with Gasteiger partial charge in [0.15, 0.2) is 0 Å². The number of anilines is 1. The van der Waals surface area contributed by atoms with Crippen LogP contribution in [-0.4, -0.2) is 30.6 Å². The lowest BCUT2D eigenvalue weighted by molar-refractivity contribution is -0.120. The molecule has 1 aliphatic heterocycles. The molecule has 1 aliphatic rings. The fourth-order valence-electron chi connectivity index (χ4n) is 2.58. The van der Waals surface area contributed by atoms with E-state index in [1.165, 1.54) is 0 Å². The molecule has 6 heteroatoms. The van der Waals surface area contributed by atoms with Crippen LogP contribution in [0.15, 0.2) is 42.6 Å². The summed E-state index contributed by atoms with van der Waals surface area (Å²) in [4.78, 5) is 18.6. The Bertz CT molecular complexity index is 693. The molecule has 0 radical (unpaired) electrons. The lowest BCUT2D eigenvalue weighted by Crippen LogP contribution is -2.42. The van der Waals surface area contributed by atoms with Crippen molar-refractivity contribution in [3.05, 3.63) is 53.3 Å². The first kappa shape index (κ1) is 15.6. The summed E-state index contributed by atoms with van der Waals surface area (Å²) in [7, 11) is 0. The molecule has 1 atom stereocenters. The van der Waals surface area contributed by atoms with Crippen LogP contribution in [0.25, 0.3) is 0 Å². The van der Waals surface area contributed by atoms with Gasteiger partial charge < -0.3 is 15.0 Å². The minimum Gasteiger partial charge on any atom is -0.490 e. The van der Waals surface area contributed by atoms with E-state index in [2.05, 4.69) is 10.3 Å². The summed E-state index contributed by atoms with van der Waals surface area (Å²) < 4.78 is 5.60. The number of fused-ring (bicyclic) bond motifs is 1. The molecular formula is C17H18ClN3O2. The smallest absolute Gasteiger partial charge is 0.240 e. The number of hydrogen-bond donors (Lipinski definition) is 1. The highest BCUT2D eigenvalue weighted by atomic mass is 35.5. The number of halogens is 1. The topological polar surface area (TPSA) is 54.5 Å². The molecule has 1 aromatic carbocycles. The van der Waals surface area contributed by atoms with E-state index >= 15 is 0 Å². The Morgan fingerprint density at radius 2 is 2.30 bits per heavy atom. The van der Waals surface area contributed by atoms with Crippen molar-refractivity contribution in [3.8, 4) is 5.75 Å². The first-order valence-corrected chi connectivity index (χ1v) is 7.89. The molecule has 0 saturated carbocycles. The Labute approximate surface area is 140 Å². The van der Waals surface area contributed by atoms with Crippen LogP contribution in [0, 0.1) is 0 Å². The van der Waals surface area contributed by atoms with Crippen LogP contribution in [0.2, 0.25) is 5.02 Å². The van der Waals surface area contributed by atoms with Gasteiger partial charge >= 0.3 is 0 Å². The van der Waals surface area contributed by atoms with Crippen molar-refractivity contribution in [2.24, 2.45) is 0 Å². The van der Waals surface area contributed by atoms with Gasteiger partial charge in [-0.05, 0) is 37.3 Å². The number of benzene rings is 1. The molecular weight excluding hydrogens is 314 g/mol. The second kappa shape index (κ2) is 6.87. The average molecular weight is 332 g/mol. The molecule has 1 N–H and O–H groups in total. The largest absolute Gasteiger partial charge is 0.490 e. The Morgan fingerprint density at radius 1 is 1.43 bits per heavy atom. The van der Waals surface area contributed by atoms with E-state index in [4.69, 9.17) is 16.3 Å². The van der Waals surface area contributed by atoms with Crippen molar-refractivity contribution in [3.63, 3.8) is 0 Å². The molecule has 1 amide bonds. The number of aromatic nitrogens is 1. The summed E-state index contributed by atoms with van der Waals surface area (Å²) >= 11 is 6.05. The molecule has 0 saturated heterocycles. The van der Waals surface area contributed by atoms with Crippen molar-refractivity contribution in [2.75, 3.05) is 24.6 Å². The summed E-state index contributed by atoms with van der Waals surface area (Å²) in [5, 5.41) is 3.60. The molecule has 0 aliphatic carbocycles. The number of carbonyl (C=O) groups is 1. The molecule has 0 fully saturated rings. The van der Waals surface area contributed by atoms with Crippen LogP contribution in [0.5, 0.6) is 5.75 Å².